The number of benzene rings is 2. The van der Waals surface area contributed by atoms with Crippen molar-refractivity contribution < 1.29 is 17.9 Å². The number of methoxy groups -OCH3 is 1. The third kappa shape index (κ3) is 5.29. The highest BCUT2D eigenvalue weighted by atomic mass is 35.5. The van der Waals surface area contributed by atoms with E-state index in [1.165, 1.54) is 25.3 Å². The molecule has 0 heterocycles. The zero-order chi connectivity index (χ0) is 18.4. The van der Waals surface area contributed by atoms with Crippen LogP contribution in [0.1, 0.15) is 29.3 Å². The number of carbonyl (C=O) groups excluding carboxylic acids is 1. The van der Waals surface area contributed by atoms with Crippen molar-refractivity contribution in [1.29, 1.82) is 0 Å². The lowest BCUT2D eigenvalue weighted by molar-refractivity contribution is 0.0600. The quantitative estimate of drug-likeness (QED) is 0.746. The van der Waals surface area contributed by atoms with Gasteiger partial charge >= 0.3 is 5.97 Å². The molecule has 0 spiro atoms. The largest absolute Gasteiger partial charge is 0.465 e. The van der Waals surface area contributed by atoms with Crippen LogP contribution in [0.4, 0.5) is 0 Å². The van der Waals surface area contributed by atoms with Crippen LogP contribution in [0.25, 0.3) is 0 Å². The van der Waals surface area contributed by atoms with Crippen molar-refractivity contribution in [2.24, 2.45) is 0 Å². The molecule has 134 valence electrons. The Kier molecular flexibility index (Phi) is 6.58. The fourth-order valence-corrected chi connectivity index (χ4v) is 3.86. The first-order valence-electron chi connectivity index (χ1n) is 7.77. The maximum Gasteiger partial charge on any atom is 0.339 e. The van der Waals surface area contributed by atoms with E-state index in [4.69, 9.17) is 11.6 Å². The fraction of sp³-hybridized carbons (Fsp3) is 0.278. The molecule has 0 aliphatic carbocycles. The van der Waals surface area contributed by atoms with E-state index in [1.54, 1.807) is 6.92 Å². The van der Waals surface area contributed by atoms with Crippen LogP contribution in [-0.4, -0.2) is 27.5 Å². The van der Waals surface area contributed by atoms with Crippen molar-refractivity contribution in [1.82, 2.24) is 4.72 Å². The summed E-state index contributed by atoms with van der Waals surface area (Å²) < 4.78 is 32.3. The number of sulfonamides is 1. The van der Waals surface area contributed by atoms with Crippen LogP contribution in [0, 0.1) is 0 Å². The number of esters is 1. The Morgan fingerprint density at radius 3 is 2.52 bits per heavy atom. The molecule has 25 heavy (non-hydrogen) atoms. The molecule has 0 saturated carbocycles. The van der Waals surface area contributed by atoms with Crippen LogP contribution in [-0.2, 0) is 21.2 Å². The molecule has 1 atom stereocenters. The van der Waals surface area contributed by atoms with Gasteiger partial charge in [0.1, 0.15) is 0 Å². The van der Waals surface area contributed by atoms with Gasteiger partial charge in [-0.2, -0.15) is 0 Å². The summed E-state index contributed by atoms with van der Waals surface area (Å²) in [6.07, 6.45) is 1.42. The fourth-order valence-electron chi connectivity index (χ4n) is 2.36. The summed E-state index contributed by atoms with van der Waals surface area (Å²) in [5.41, 5.74) is 1.16. The van der Waals surface area contributed by atoms with Crippen molar-refractivity contribution in [3.63, 3.8) is 0 Å². The molecule has 2 aromatic carbocycles. The highest BCUT2D eigenvalue weighted by Gasteiger charge is 2.21. The second-order valence-corrected chi connectivity index (χ2v) is 7.80. The lowest BCUT2D eigenvalue weighted by Crippen LogP contribution is -2.33. The van der Waals surface area contributed by atoms with Crippen molar-refractivity contribution in [2.75, 3.05) is 7.11 Å². The summed E-state index contributed by atoms with van der Waals surface area (Å²) in [5.74, 6) is -0.681. The molecule has 0 amide bonds. The maximum atomic E-state index is 12.5. The smallest absolute Gasteiger partial charge is 0.339 e. The molecule has 1 N–H and O–H groups in total. The molecule has 2 rings (SSSR count). The molecule has 0 bridgehead atoms. The van der Waals surface area contributed by atoms with Gasteiger partial charge in [0.15, 0.2) is 0 Å². The standard InChI is InChI=1S/C18H20ClNO4S/c1-13(8-9-14-6-4-3-5-7-14)20-25(22,23)15-10-11-17(19)16(12-15)18(21)24-2/h3-7,10-13,20H,8-9H2,1-2H3/t13-/m0/s1. The van der Waals surface area contributed by atoms with Gasteiger partial charge in [-0.05, 0) is 43.5 Å². The van der Waals surface area contributed by atoms with Gasteiger partial charge in [-0.15, -0.1) is 0 Å². The van der Waals surface area contributed by atoms with E-state index < -0.39 is 16.0 Å². The number of halogens is 1. The van der Waals surface area contributed by atoms with Crippen LogP contribution in [0.2, 0.25) is 5.02 Å². The van der Waals surface area contributed by atoms with E-state index in [9.17, 15) is 13.2 Å². The highest BCUT2D eigenvalue weighted by Crippen LogP contribution is 2.21. The van der Waals surface area contributed by atoms with Crippen LogP contribution >= 0.6 is 11.6 Å². The van der Waals surface area contributed by atoms with Crippen LogP contribution in [0.5, 0.6) is 0 Å². The van der Waals surface area contributed by atoms with Gasteiger partial charge in [0, 0.05) is 6.04 Å². The predicted octanol–water partition coefficient (Wildman–Crippen LogP) is 3.43. The molecule has 2 aromatic rings. The third-order valence-electron chi connectivity index (χ3n) is 3.72. The molecule has 5 nitrogen and oxygen atoms in total. The van der Waals surface area contributed by atoms with Gasteiger partial charge in [-0.1, -0.05) is 41.9 Å². The van der Waals surface area contributed by atoms with E-state index in [-0.39, 0.29) is 21.5 Å². The topological polar surface area (TPSA) is 72.5 Å². The number of nitrogens with one attached hydrogen (secondary N) is 1. The van der Waals surface area contributed by atoms with Crippen LogP contribution in [0.3, 0.4) is 0 Å². The van der Waals surface area contributed by atoms with Gasteiger partial charge in [0.05, 0.1) is 22.6 Å². The second-order valence-electron chi connectivity index (χ2n) is 5.68. The lowest BCUT2D eigenvalue weighted by atomic mass is 10.1. The zero-order valence-electron chi connectivity index (χ0n) is 14.0. The van der Waals surface area contributed by atoms with E-state index in [2.05, 4.69) is 9.46 Å². The predicted molar refractivity (Wildman–Crippen MR) is 97.3 cm³/mol. The summed E-state index contributed by atoms with van der Waals surface area (Å²) >= 11 is 5.93. The van der Waals surface area contributed by atoms with E-state index in [0.29, 0.717) is 6.42 Å². The van der Waals surface area contributed by atoms with Gasteiger partial charge in [0.25, 0.3) is 0 Å². The first-order valence-corrected chi connectivity index (χ1v) is 9.63. The van der Waals surface area contributed by atoms with Crippen molar-refractivity contribution in [2.45, 2.75) is 30.7 Å². The Hall–Kier alpha value is -1.89. The minimum Gasteiger partial charge on any atom is -0.465 e. The molecule has 7 heteroatoms. The molecular weight excluding hydrogens is 362 g/mol. The first kappa shape index (κ1) is 19.4. The maximum absolute atomic E-state index is 12.5. The molecule has 0 aliphatic heterocycles. The first-order chi connectivity index (χ1) is 11.8. The number of ether oxygens (including phenoxy) is 1. The Morgan fingerprint density at radius 2 is 1.88 bits per heavy atom. The van der Waals surface area contributed by atoms with Crippen molar-refractivity contribution >= 4 is 27.6 Å². The number of hydrogen-bond acceptors (Lipinski definition) is 4. The Bertz CT molecular complexity index is 837. The van der Waals surface area contributed by atoms with Crippen molar-refractivity contribution in [3.8, 4) is 0 Å². The molecule has 0 saturated heterocycles. The monoisotopic (exact) mass is 381 g/mol. The molecule has 0 unspecified atom stereocenters. The van der Waals surface area contributed by atoms with Crippen LogP contribution < -0.4 is 4.72 Å². The van der Waals surface area contributed by atoms with Crippen LogP contribution in [0.15, 0.2) is 53.4 Å². The van der Waals surface area contributed by atoms with Crippen molar-refractivity contribution in [3.05, 3.63) is 64.7 Å². The third-order valence-corrected chi connectivity index (χ3v) is 5.64. The normalized spacial score (nSPS) is 12.6. The second kappa shape index (κ2) is 8.47. The number of carbonyl (C=O) groups is 1. The average Bonchev–Trinajstić information content (AvgIpc) is 2.60. The van der Waals surface area contributed by atoms with E-state index >= 15 is 0 Å². The molecule has 0 radical (unpaired) electrons. The SMILES string of the molecule is COC(=O)c1cc(S(=O)(=O)N[C@@H](C)CCc2ccccc2)ccc1Cl. The molecule has 0 aromatic heterocycles. The minimum absolute atomic E-state index is 0.0176. The summed E-state index contributed by atoms with van der Waals surface area (Å²) in [5, 5.41) is 0.142. The average molecular weight is 382 g/mol. The molecular formula is C18H20ClNO4S. The Labute approximate surface area is 153 Å². The summed E-state index contributed by atoms with van der Waals surface area (Å²) in [7, 11) is -2.55. The summed E-state index contributed by atoms with van der Waals surface area (Å²) in [4.78, 5) is 11.6. The Balaban J connectivity index is 2.09. The van der Waals surface area contributed by atoms with E-state index in [0.717, 1.165) is 12.0 Å². The van der Waals surface area contributed by atoms with Gasteiger partial charge in [-0.3, -0.25) is 0 Å². The minimum atomic E-state index is -3.76. The number of hydrogen-bond donors (Lipinski definition) is 1. The van der Waals surface area contributed by atoms with Gasteiger partial charge in [0.2, 0.25) is 10.0 Å². The van der Waals surface area contributed by atoms with E-state index in [1.807, 2.05) is 30.3 Å². The molecule has 0 fully saturated rings. The summed E-state index contributed by atoms with van der Waals surface area (Å²) in [6, 6.07) is 13.5. The zero-order valence-corrected chi connectivity index (χ0v) is 15.6. The number of rotatable bonds is 7. The van der Waals surface area contributed by atoms with Gasteiger partial charge < -0.3 is 4.74 Å². The van der Waals surface area contributed by atoms with Gasteiger partial charge in [-0.25, -0.2) is 17.9 Å². The number of aryl methyl sites for hydroxylation is 1. The highest BCUT2D eigenvalue weighted by molar-refractivity contribution is 7.89. The lowest BCUT2D eigenvalue weighted by Gasteiger charge is -2.15. The molecule has 0 aliphatic rings. The summed E-state index contributed by atoms with van der Waals surface area (Å²) in [6.45, 7) is 1.80. The Morgan fingerprint density at radius 1 is 1.20 bits per heavy atom.